The molecule has 0 aromatic heterocycles. The van der Waals surface area contributed by atoms with Crippen molar-refractivity contribution >= 4 is 23.5 Å². The summed E-state index contributed by atoms with van der Waals surface area (Å²) in [4.78, 5) is 31.2. The third-order valence-electron chi connectivity index (χ3n) is 3.12. The molecule has 1 fully saturated rings. The Labute approximate surface area is 117 Å². The normalized spacial score (nSPS) is 21.8. The van der Waals surface area contributed by atoms with E-state index in [1.54, 1.807) is 19.2 Å². The van der Waals surface area contributed by atoms with Crippen LogP contribution in [0.5, 0.6) is 0 Å². The Kier molecular flexibility index (Phi) is 4.14. The molecule has 1 atom stereocenters. The molecule has 20 heavy (non-hydrogen) atoms. The highest BCUT2D eigenvalue weighted by Crippen LogP contribution is 2.17. The zero-order valence-corrected chi connectivity index (χ0v) is 11.6. The number of nitrogens with zero attached hydrogens (tertiary/aromatic N) is 3. The molecule has 2 rings (SSSR count). The first kappa shape index (κ1) is 14.2. The first-order valence-corrected chi connectivity index (χ1v) is 6.54. The Balaban J connectivity index is 2.34. The first-order chi connectivity index (χ1) is 9.56. The van der Waals surface area contributed by atoms with Crippen molar-refractivity contribution < 1.29 is 9.59 Å². The minimum absolute atomic E-state index is 0.276. The predicted octanol–water partition coefficient (Wildman–Crippen LogP) is 1.35. The molecule has 0 bridgehead atoms. The van der Waals surface area contributed by atoms with Crippen LogP contribution in [0.25, 0.3) is 0 Å². The van der Waals surface area contributed by atoms with Crippen molar-refractivity contribution in [2.75, 3.05) is 13.6 Å². The van der Waals surface area contributed by atoms with Crippen LogP contribution in [0.15, 0.2) is 35.3 Å². The number of amidine groups is 1. The Morgan fingerprint density at radius 2 is 1.90 bits per heavy atom. The molecule has 106 valence electrons. The number of urea groups is 1. The number of aliphatic imine (C=N–C) groups is 1. The molecule has 0 aliphatic carbocycles. The quantitative estimate of drug-likeness (QED) is 0.903. The number of amides is 3. The third kappa shape index (κ3) is 2.55. The van der Waals surface area contributed by atoms with E-state index in [1.807, 2.05) is 25.1 Å². The van der Waals surface area contributed by atoms with Crippen LogP contribution < -0.4 is 5.73 Å². The van der Waals surface area contributed by atoms with E-state index in [4.69, 9.17) is 5.73 Å². The average molecular weight is 274 g/mol. The van der Waals surface area contributed by atoms with Gasteiger partial charge in [0.1, 0.15) is 11.9 Å². The second-order valence-corrected chi connectivity index (χ2v) is 4.61. The van der Waals surface area contributed by atoms with Crippen molar-refractivity contribution in [3.05, 3.63) is 30.3 Å². The maximum absolute atomic E-state index is 12.2. The van der Waals surface area contributed by atoms with Crippen LogP contribution >= 0.6 is 0 Å². The van der Waals surface area contributed by atoms with Crippen molar-refractivity contribution in [3.63, 3.8) is 0 Å². The first-order valence-electron chi connectivity index (χ1n) is 6.54. The van der Waals surface area contributed by atoms with Crippen LogP contribution in [0.2, 0.25) is 0 Å². The smallest absolute Gasteiger partial charge is 0.314 e. The second kappa shape index (κ2) is 5.83. The van der Waals surface area contributed by atoms with E-state index >= 15 is 0 Å². The molecule has 0 spiro atoms. The van der Waals surface area contributed by atoms with Gasteiger partial charge in [0.05, 0.1) is 5.69 Å². The molecular weight excluding hydrogens is 256 g/mol. The van der Waals surface area contributed by atoms with Crippen LogP contribution in [0.4, 0.5) is 10.5 Å². The summed E-state index contributed by atoms with van der Waals surface area (Å²) in [7, 11) is 1.58. The summed E-state index contributed by atoms with van der Waals surface area (Å²) in [5, 5.41) is 0. The van der Waals surface area contributed by atoms with E-state index in [0.29, 0.717) is 18.7 Å². The fourth-order valence-corrected chi connectivity index (χ4v) is 2.07. The summed E-state index contributed by atoms with van der Waals surface area (Å²) in [6, 6.07) is 7.83. The number of benzene rings is 1. The number of likely N-dealkylation sites (N-methyl/N-ethyl adjacent to an activating group) is 1. The molecule has 6 heteroatoms. The summed E-state index contributed by atoms with van der Waals surface area (Å²) in [5.74, 6) is -0.122. The summed E-state index contributed by atoms with van der Waals surface area (Å²) < 4.78 is 0. The molecule has 1 unspecified atom stereocenters. The third-order valence-corrected chi connectivity index (χ3v) is 3.12. The molecule has 1 aromatic rings. The fourth-order valence-electron chi connectivity index (χ4n) is 2.07. The van der Waals surface area contributed by atoms with Gasteiger partial charge in [0.2, 0.25) is 0 Å². The zero-order valence-electron chi connectivity index (χ0n) is 11.6. The second-order valence-electron chi connectivity index (χ2n) is 4.61. The summed E-state index contributed by atoms with van der Waals surface area (Å²) >= 11 is 0. The van der Waals surface area contributed by atoms with Gasteiger partial charge in [-0.05, 0) is 18.6 Å². The number of carbonyl (C=O) groups excluding carboxylic acids is 2. The van der Waals surface area contributed by atoms with E-state index in [0.717, 1.165) is 0 Å². The summed E-state index contributed by atoms with van der Waals surface area (Å²) in [5.41, 5.74) is 6.59. The van der Waals surface area contributed by atoms with E-state index < -0.39 is 11.9 Å². The minimum atomic E-state index is -0.913. The molecule has 1 aliphatic heterocycles. The number of nitrogens with two attached hydrogens (primary N) is 1. The van der Waals surface area contributed by atoms with Gasteiger partial charge in [0, 0.05) is 13.6 Å². The van der Waals surface area contributed by atoms with Gasteiger partial charge >= 0.3 is 6.03 Å². The van der Waals surface area contributed by atoms with Crippen LogP contribution in [0, 0.1) is 0 Å². The maximum atomic E-state index is 12.2. The Bertz CT molecular complexity index is 517. The van der Waals surface area contributed by atoms with Crippen molar-refractivity contribution in [3.8, 4) is 0 Å². The van der Waals surface area contributed by atoms with Gasteiger partial charge in [-0.25, -0.2) is 9.79 Å². The molecule has 2 N–H and O–H groups in total. The highest BCUT2D eigenvalue weighted by Gasteiger charge is 2.40. The van der Waals surface area contributed by atoms with Crippen LogP contribution in [-0.4, -0.2) is 47.2 Å². The fraction of sp³-hybridized carbons (Fsp3) is 0.357. The van der Waals surface area contributed by atoms with E-state index in [-0.39, 0.29) is 11.9 Å². The molecule has 3 amide bonds. The van der Waals surface area contributed by atoms with Crippen molar-refractivity contribution in [2.24, 2.45) is 10.7 Å². The van der Waals surface area contributed by atoms with Gasteiger partial charge in [0.15, 0.2) is 0 Å². The molecule has 0 radical (unpaired) electrons. The average Bonchev–Trinajstić information content (AvgIpc) is 2.47. The molecule has 1 aliphatic rings. The van der Waals surface area contributed by atoms with E-state index in [9.17, 15) is 9.59 Å². The lowest BCUT2D eigenvalue weighted by Crippen LogP contribution is -2.63. The molecule has 1 saturated heterocycles. The number of carbonyl (C=O) groups is 2. The highest BCUT2D eigenvalue weighted by atomic mass is 16.2. The van der Waals surface area contributed by atoms with Gasteiger partial charge in [-0.3, -0.25) is 14.6 Å². The Hall–Kier alpha value is -2.21. The van der Waals surface area contributed by atoms with Crippen LogP contribution in [-0.2, 0) is 4.79 Å². The highest BCUT2D eigenvalue weighted by molar-refractivity contribution is 6.20. The SMILES string of the molecule is CCCN1C(=O)C(N)C(=Nc2ccccc2)N(C)C1=O. The zero-order chi connectivity index (χ0) is 14.7. The molecule has 0 saturated carbocycles. The van der Waals surface area contributed by atoms with Crippen LogP contribution in [0.3, 0.4) is 0 Å². The Morgan fingerprint density at radius 3 is 2.50 bits per heavy atom. The Morgan fingerprint density at radius 1 is 1.25 bits per heavy atom. The van der Waals surface area contributed by atoms with Crippen molar-refractivity contribution in [1.82, 2.24) is 9.80 Å². The number of hydrogen-bond acceptors (Lipinski definition) is 4. The monoisotopic (exact) mass is 274 g/mol. The maximum Gasteiger partial charge on any atom is 0.331 e. The number of imide groups is 1. The summed E-state index contributed by atoms with van der Waals surface area (Å²) in [6.07, 6.45) is 0.698. The van der Waals surface area contributed by atoms with Gasteiger partial charge in [-0.2, -0.15) is 0 Å². The largest absolute Gasteiger partial charge is 0.331 e. The standard InChI is InChI=1S/C14H18N4O2/c1-3-9-18-13(19)11(15)12(17(2)14(18)20)16-10-7-5-4-6-8-10/h4-8,11H,3,9,15H2,1-2H3. The number of hydrogen-bond donors (Lipinski definition) is 1. The predicted molar refractivity (Wildman–Crippen MR) is 76.7 cm³/mol. The van der Waals surface area contributed by atoms with Gasteiger partial charge < -0.3 is 5.73 Å². The van der Waals surface area contributed by atoms with Crippen molar-refractivity contribution in [1.29, 1.82) is 0 Å². The van der Waals surface area contributed by atoms with Gasteiger partial charge in [0.25, 0.3) is 5.91 Å². The number of rotatable bonds is 3. The van der Waals surface area contributed by atoms with Gasteiger partial charge in [-0.15, -0.1) is 0 Å². The molecule has 6 nitrogen and oxygen atoms in total. The van der Waals surface area contributed by atoms with Crippen molar-refractivity contribution in [2.45, 2.75) is 19.4 Å². The molecule has 1 heterocycles. The van der Waals surface area contributed by atoms with Crippen LogP contribution in [0.1, 0.15) is 13.3 Å². The van der Waals surface area contributed by atoms with Gasteiger partial charge in [-0.1, -0.05) is 25.1 Å². The lowest BCUT2D eigenvalue weighted by molar-refractivity contribution is -0.129. The summed E-state index contributed by atoms with van der Waals surface area (Å²) in [6.45, 7) is 2.27. The van der Waals surface area contributed by atoms with E-state index in [2.05, 4.69) is 4.99 Å². The lowest BCUT2D eigenvalue weighted by Gasteiger charge is -2.35. The lowest BCUT2D eigenvalue weighted by atomic mass is 10.1. The molecule has 1 aromatic carbocycles. The molecular formula is C14H18N4O2. The number of para-hydroxylation sites is 1. The van der Waals surface area contributed by atoms with E-state index in [1.165, 1.54) is 9.80 Å². The topological polar surface area (TPSA) is 79.0 Å². The minimum Gasteiger partial charge on any atom is -0.314 e.